The van der Waals surface area contributed by atoms with Crippen LogP contribution in [0.15, 0.2) is 4.99 Å². The summed E-state index contributed by atoms with van der Waals surface area (Å²) in [7, 11) is 0. The molecule has 0 saturated carbocycles. The molecular formula is C9H17N5O3. The van der Waals surface area contributed by atoms with Gasteiger partial charge in [0.2, 0.25) is 12.3 Å². The molecule has 0 bridgehead atoms. The average molecular weight is 243 g/mol. The first-order chi connectivity index (χ1) is 8.10. The molecule has 0 aliphatic heterocycles. The van der Waals surface area contributed by atoms with Gasteiger partial charge in [0.15, 0.2) is 5.96 Å². The third-order valence-electron chi connectivity index (χ3n) is 1.82. The number of hydrogen-bond donors (Lipinski definition) is 4. The van der Waals surface area contributed by atoms with Crippen molar-refractivity contribution in [3.05, 3.63) is 0 Å². The molecule has 0 aromatic heterocycles. The number of hydrogen-bond acceptors (Lipinski definition) is 4. The van der Waals surface area contributed by atoms with E-state index in [1.807, 2.05) is 0 Å². The van der Waals surface area contributed by atoms with Crippen LogP contribution in [0, 0.1) is 0 Å². The summed E-state index contributed by atoms with van der Waals surface area (Å²) in [6, 6.07) is -0.592. The number of nitrogens with two attached hydrogens (primary N) is 2. The van der Waals surface area contributed by atoms with Gasteiger partial charge in [-0.1, -0.05) is 0 Å². The number of carbonyl (C=O) groups is 3. The second kappa shape index (κ2) is 9.13. The standard InChI is InChI=1S/C9H17N5O3/c10-9(11)13-3-1-2-7(5-15)14-8(17)4-12-6-16/h5-7H,1-4H2,(H,12,16)(H,14,17)(H4,10,11,13). The summed E-state index contributed by atoms with van der Waals surface area (Å²) in [6.07, 6.45) is 2.05. The molecular weight excluding hydrogens is 226 g/mol. The number of guanidine groups is 1. The molecule has 2 amide bonds. The van der Waals surface area contributed by atoms with Crippen molar-refractivity contribution >= 4 is 24.6 Å². The van der Waals surface area contributed by atoms with Crippen LogP contribution in [-0.2, 0) is 14.4 Å². The number of nitrogens with zero attached hydrogens (tertiary/aromatic N) is 1. The maximum absolute atomic E-state index is 11.2. The number of amides is 2. The monoisotopic (exact) mass is 243 g/mol. The Morgan fingerprint density at radius 2 is 2.06 bits per heavy atom. The maximum Gasteiger partial charge on any atom is 0.239 e. The van der Waals surface area contributed by atoms with Gasteiger partial charge in [-0.15, -0.1) is 0 Å². The molecule has 0 rings (SSSR count). The minimum absolute atomic E-state index is 0.00753. The van der Waals surface area contributed by atoms with Gasteiger partial charge in [-0.05, 0) is 12.8 Å². The first-order valence-corrected chi connectivity index (χ1v) is 5.07. The summed E-state index contributed by atoms with van der Waals surface area (Å²) in [5.41, 5.74) is 10.2. The van der Waals surface area contributed by atoms with Crippen LogP contribution < -0.4 is 22.1 Å². The zero-order chi connectivity index (χ0) is 13.1. The summed E-state index contributed by atoms with van der Waals surface area (Å²) in [6.45, 7) is 0.247. The van der Waals surface area contributed by atoms with Crippen LogP contribution in [0.4, 0.5) is 0 Å². The lowest BCUT2D eigenvalue weighted by molar-refractivity contribution is -0.124. The highest BCUT2D eigenvalue weighted by Crippen LogP contribution is 1.95. The first-order valence-electron chi connectivity index (χ1n) is 5.07. The van der Waals surface area contributed by atoms with Crippen LogP contribution in [0.25, 0.3) is 0 Å². The Balaban J connectivity index is 3.83. The lowest BCUT2D eigenvalue weighted by atomic mass is 10.2. The quantitative estimate of drug-likeness (QED) is 0.153. The van der Waals surface area contributed by atoms with E-state index in [0.29, 0.717) is 32.1 Å². The van der Waals surface area contributed by atoms with Crippen LogP contribution in [0.3, 0.4) is 0 Å². The second-order valence-electron chi connectivity index (χ2n) is 3.26. The van der Waals surface area contributed by atoms with E-state index in [2.05, 4.69) is 15.6 Å². The Hall–Kier alpha value is -2.12. The molecule has 0 aliphatic rings. The summed E-state index contributed by atoms with van der Waals surface area (Å²) < 4.78 is 0. The van der Waals surface area contributed by atoms with E-state index < -0.39 is 11.9 Å². The highest BCUT2D eigenvalue weighted by Gasteiger charge is 2.10. The van der Waals surface area contributed by atoms with Crippen molar-refractivity contribution in [3.8, 4) is 0 Å². The molecule has 17 heavy (non-hydrogen) atoms. The zero-order valence-electron chi connectivity index (χ0n) is 9.39. The van der Waals surface area contributed by atoms with Gasteiger partial charge in [0.05, 0.1) is 12.6 Å². The van der Waals surface area contributed by atoms with Gasteiger partial charge in [-0.2, -0.15) is 0 Å². The molecule has 0 fully saturated rings. The van der Waals surface area contributed by atoms with E-state index >= 15 is 0 Å². The Bertz CT molecular complexity index is 288. The van der Waals surface area contributed by atoms with Crippen LogP contribution in [0.5, 0.6) is 0 Å². The Morgan fingerprint density at radius 1 is 1.35 bits per heavy atom. The Kier molecular flexibility index (Phi) is 7.99. The first kappa shape index (κ1) is 14.9. The van der Waals surface area contributed by atoms with E-state index in [0.717, 1.165) is 0 Å². The molecule has 0 aromatic rings. The van der Waals surface area contributed by atoms with Crippen molar-refractivity contribution in [1.29, 1.82) is 0 Å². The third-order valence-corrected chi connectivity index (χ3v) is 1.82. The highest BCUT2D eigenvalue weighted by molar-refractivity contribution is 5.82. The van der Waals surface area contributed by atoms with E-state index in [4.69, 9.17) is 11.5 Å². The topological polar surface area (TPSA) is 140 Å². The highest BCUT2D eigenvalue weighted by atomic mass is 16.2. The normalized spacial score (nSPS) is 11.1. The van der Waals surface area contributed by atoms with E-state index in [-0.39, 0.29) is 12.5 Å². The summed E-state index contributed by atoms with van der Waals surface area (Å²) in [5.74, 6) is -0.428. The minimum atomic E-state index is -0.592. The van der Waals surface area contributed by atoms with E-state index in [1.54, 1.807) is 0 Å². The van der Waals surface area contributed by atoms with Crippen molar-refractivity contribution in [1.82, 2.24) is 10.6 Å². The van der Waals surface area contributed by atoms with Crippen molar-refractivity contribution in [2.75, 3.05) is 13.1 Å². The average Bonchev–Trinajstić information content (AvgIpc) is 2.30. The number of aldehydes is 1. The van der Waals surface area contributed by atoms with Gasteiger partial charge < -0.3 is 26.9 Å². The molecule has 8 nitrogen and oxygen atoms in total. The lowest BCUT2D eigenvalue weighted by Crippen LogP contribution is -2.41. The van der Waals surface area contributed by atoms with Crippen LogP contribution >= 0.6 is 0 Å². The largest absolute Gasteiger partial charge is 0.370 e. The van der Waals surface area contributed by atoms with Gasteiger partial charge >= 0.3 is 0 Å². The number of carbonyl (C=O) groups excluding carboxylic acids is 3. The number of rotatable bonds is 9. The van der Waals surface area contributed by atoms with Crippen LogP contribution in [-0.4, -0.2) is 43.7 Å². The number of aliphatic imine (C=N–C) groups is 1. The van der Waals surface area contributed by atoms with E-state index in [1.165, 1.54) is 0 Å². The molecule has 8 heteroatoms. The predicted molar refractivity (Wildman–Crippen MR) is 62.0 cm³/mol. The van der Waals surface area contributed by atoms with Crippen LogP contribution in [0.1, 0.15) is 12.8 Å². The summed E-state index contributed by atoms with van der Waals surface area (Å²) >= 11 is 0. The fraction of sp³-hybridized carbons (Fsp3) is 0.556. The molecule has 0 spiro atoms. The van der Waals surface area contributed by atoms with Gasteiger partial charge in [0.25, 0.3) is 0 Å². The molecule has 0 heterocycles. The Labute approximate surface area is 98.8 Å². The Morgan fingerprint density at radius 3 is 2.59 bits per heavy atom. The van der Waals surface area contributed by atoms with Crippen molar-refractivity contribution in [2.24, 2.45) is 16.5 Å². The minimum Gasteiger partial charge on any atom is -0.370 e. The molecule has 6 N–H and O–H groups in total. The van der Waals surface area contributed by atoms with Crippen molar-refractivity contribution < 1.29 is 14.4 Å². The summed E-state index contributed by atoms with van der Waals surface area (Å²) in [4.78, 5) is 35.5. The maximum atomic E-state index is 11.2. The summed E-state index contributed by atoms with van der Waals surface area (Å²) in [5, 5.41) is 4.65. The molecule has 96 valence electrons. The molecule has 1 atom stereocenters. The fourth-order valence-electron chi connectivity index (χ4n) is 1.09. The molecule has 0 radical (unpaired) electrons. The fourth-order valence-corrected chi connectivity index (χ4v) is 1.09. The van der Waals surface area contributed by atoms with Crippen molar-refractivity contribution in [3.63, 3.8) is 0 Å². The third kappa shape index (κ3) is 8.85. The molecule has 0 aromatic carbocycles. The van der Waals surface area contributed by atoms with E-state index in [9.17, 15) is 14.4 Å². The number of nitrogens with one attached hydrogen (secondary N) is 2. The molecule has 0 saturated heterocycles. The molecule has 1 unspecified atom stereocenters. The predicted octanol–water partition coefficient (Wildman–Crippen LogP) is -2.53. The zero-order valence-corrected chi connectivity index (χ0v) is 9.39. The van der Waals surface area contributed by atoms with Gasteiger partial charge in [0, 0.05) is 6.54 Å². The second-order valence-corrected chi connectivity index (χ2v) is 3.26. The smallest absolute Gasteiger partial charge is 0.239 e. The van der Waals surface area contributed by atoms with Crippen molar-refractivity contribution in [2.45, 2.75) is 18.9 Å². The van der Waals surface area contributed by atoms with Gasteiger partial charge in [0.1, 0.15) is 6.29 Å². The van der Waals surface area contributed by atoms with Gasteiger partial charge in [-0.25, -0.2) is 0 Å². The SMILES string of the molecule is NC(N)=NCCCC(C=O)NC(=O)CNC=O. The van der Waals surface area contributed by atoms with Gasteiger partial charge in [-0.3, -0.25) is 14.6 Å². The lowest BCUT2D eigenvalue weighted by Gasteiger charge is -2.11. The molecule has 0 aliphatic carbocycles. The van der Waals surface area contributed by atoms with Crippen LogP contribution in [0.2, 0.25) is 0 Å².